The average Bonchev–Trinajstić information content (AvgIpc) is 3.06. The van der Waals surface area contributed by atoms with E-state index >= 15 is 0 Å². The van der Waals surface area contributed by atoms with E-state index < -0.39 is 0 Å². The van der Waals surface area contributed by atoms with Crippen molar-refractivity contribution in [3.63, 3.8) is 0 Å². The Morgan fingerprint density at radius 3 is 2.30 bits per heavy atom. The minimum Gasteiger partial charge on any atom is -0.475 e. The molecular weight excluding hydrogens is 282 g/mol. The van der Waals surface area contributed by atoms with E-state index in [-0.39, 0.29) is 0 Å². The summed E-state index contributed by atoms with van der Waals surface area (Å²) in [5.41, 5.74) is 3.83. The monoisotopic (exact) mass is 307 g/mol. The molecule has 0 bridgehead atoms. The lowest BCUT2D eigenvalue weighted by Crippen LogP contribution is -2.13. The number of benzene rings is 2. The smallest absolute Gasteiger partial charge is 0.216 e. The van der Waals surface area contributed by atoms with Gasteiger partial charge >= 0.3 is 0 Å². The lowest BCUT2D eigenvalue weighted by molar-refractivity contribution is 0.292. The van der Waals surface area contributed by atoms with E-state index in [1.54, 1.807) is 0 Å². The first-order valence-electron chi connectivity index (χ1n) is 8.48. The Morgan fingerprint density at radius 2 is 1.70 bits per heavy atom. The fraction of sp³-hybridized carbons (Fsp3) is 0.381. The predicted molar refractivity (Wildman–Crippen MR) is 96.1 cm³/mol. The van der Waals surface area contributed by atoms with Gasteiger partial charge in [0.15, 0.2) is 0 Å². The molecule has 23 heavy (non-hydrogen) atoms. The highest BCUT2D eigenvalue weighted by Crippen LogP contribution is 2.23. The van der Waals surface area contributed by atoms with Gasteiger partial charge in [-0.1, -0.05) is 63.2 Å². The number of nitrogens with zero attached hydrogens (tertiary/aromatic N) is 1. The molecule has 2 aromatic carbocycles. The normalized spacial score (nSPS) is 18.6. The van der Waals surface area contributed by atoms with Crippen LogP contribution in [0.25, 0.3) is 0 Å². The van der Waals surface area contributed by atoms with E-state index in [1.807, 2.05) is 0 Å². The highest BCUT2D eigenvalue weighted by Gasteiger charge is 2.22. The largest absolute Gasteiger partial charge is 0.475 e. The van der Waals surface area contributed by atoms with Gasteiger partial charge in [-0.3, -0.25) is 0 Å². The van der Waals surface area contributed by atoms with Crippen LogP contribution < -0.4 is 0 Å². The van der Waals surface area contributed by atoms with Crippen molar-refractivity contribution in [1.82, 2.24) is 0 Å². The number of aliphatic imine (C=N–C) groups is 1. The van der Waals surface area contributed by atoms with E-state index in [4.69, 9.17) is 9.73 Å². The van der Waals surface area contributed by atoms with Gasteiger partial charge in [0.2, 0.25) is 5.90 Å². The quantitative estimate of drug-likeness (QED) is 0.775. The minimum atomic E-state index is 0.293. The molecule has 0 radical (unpaired) electrons. The van der Waals surface area contributed by atoms with Crippen molar-refractivity contribution in [2.45, 2.75) is 39.2 Å². The molecule has 0 aliphatic carbocycles. The van der Waals surface area contributed by atoms with Gasteiger partial charge in [-0.05, 0) is 41.5 Å². The van der Waals surface area contributed by atoms with E-state index in [1.165, 1.54) is 11.1 Å². The maximum Gasteiger partial charge on any atom is 0.216 e. The van der Waals surface area contributed by atoms with Crippen molar-refractivity contribution in [2.24, 2.45) is 10.9 Å². The topological polar surface area (TPSA) is 21.6 Å². The van der Waals surface area contributed by atoms with Crippen LogP contribution in [0.2, 0.25) is 0 Å². The van der Waals surface area contributed by atoms with Gasteiger partial charge in [-0.25, -0.2) is 4.99 Å². The SMILES string of the molecule is CC(Cc1ccccc1)c1ccc(C2=N[C@@H](C(C)C)CO2)cc1. The molecule has 1 aliphatic heterocycles. The molecule has 2 nitrogen and oxygen atoms in total. The molecule has 0 fully saturated rings. The molecule has 120 valence electrons. The predicted octanol–water partition coefficient (Wildman–Crippen LogP) is 4.83. The molecule has 3 rings (SSSR count). The lowest BCUT2D eigenvalue weighted by atomic mass is 9.93. The van der Waals surface area contributed by atoms with Crippen molar-refractivity contribution in [3.8, 4) is 0 Å². The molecule has 0 N–H and O–H groups in total. The molecule has 0 aromatic heterocycles. The van der Waals surface area contributed by atoms with Gasteiger partial charge < -0.3 is 4.74 Å². The van der Waals surface area contributed by atoms with E-state index in [0.29, 0.717) is 24.5 Å². The summed E-state index contributed by atoms with van der Waals surface area (Å²) in [6.45, 7) is 7.36. The molecule has 1 unspecified atom stereocenters. The Balaban J connectivity index is 1.69. The standard InChI is InChI=1S/C21H25NO/c1-15(2)20-14-23-21(22-20)19-11-9-18(10-12-19)16(3)13-17-7-5-4-6-8-17/h4-12,15-16,20H,13-14H2,1-3H3/t16?,20-/m1/s1. The van der Waals surface area contributed by atoms with Crippen LogP contribution in [0.4, 0.5) is 0 Å². The Hall–Kier alpha value is -2.09. The number of hydrogen-bond acceptors (Lipinski definition) is 2. The Morgan fingerprint density at radius 1 is 1.00 bits per heavy atom. The molecule has 2 atom stereocenters. The Kier molecular flexibility index (Phi) is 4.80. The number of rotatable bonds is 5. The lowest BCUT2D eigenvalue weighted by Gasteiger charge is -2.12. The minimum absolute atomic E-state index is 0.293. The van der Waals surface area contributed by atoms with Crippen LogP contribution in [0.5, 0.6) is 0 Å². The van der Waals surface area contributed by atoms with Crippen molar-refractivity contribution in [2.75, 3.05) is 6.61 Å². The second kappa shape index (κ2) is 6.99. The number of ether oxygens (including phenoxy) is 1. The Labute approximate surface area is 139 Å². The summed E-state index contributed by atoms with van der Waals surface area (Å²) >= 11 is 0. The van der Waals surface area contributed by atoms with Crippen LogP contribution in [-0.4, -0.2) is 18.5 Å². The second-order valence-corrected chi connectivity index (χ2v) is 6.77. The zero-order valence-electron chi connectivity index (χ0n) is 14.2. The van der Waals surface area contributed by atoms with Gasteiger partial charge in [-0.15, -0.1) is 0 Å². The molecule has 0 amide bonds. The van der Waals surface area contributed by atoms with Crippen LogP contribution >= 0.6 is 0 Å². The zero-order valence-corrected chi connectivity index (χ0v) is 14.2. The fourth-order valence-electron chi connectivity index (χ4n) is 2.93. The van der Waals surface area contributed by atoms with Gasteiger partial charge in [0.1, 0.15) is 6.61 Å². The van der Waals surface area contributed by atoms with E-state index in [0.717, 1.165) is 17.9 Å². The molecule has 0 saturated heterocycles. The summed E-state index contributed by atoms with van der Waals surface area (Å²) in [5, 5.41) is 0. The molecule has 2 heteroatoms. The van der Waals surface area contributed by atoms with Crippen molar-refractivity contribution >= 4 is 5.90 Å². The van der Waals surface area contributed by atoms with Gasteiger partial charge in [0.05, 0.1) is 6.04 Å². The number of hydrogen-bond donors (Lipinski definition) is 0. The zero-order chi connectivity index (χ0) is 16.2. The maximum atomic E-state index is 5.76. The van der Waals surface area contributed by atoms with Crippen LogP contribution in [0.15, 0.2) is 59.6 Å². The van der Waals surface area contributed by atoms with Crippen LogP contribution in [-0.2, 0) is 11.2 Å². The third-order valence-electron chi connectivity index (χ3n) is 4.55. The third kappa shape index (κ3) is 3.82. The van der Waals surface area contributed by atoms with Crippen molar-refractivity contribution in [1.29, 1.82) is 0 Å². The maximum absolute atomic E-state index is 5.76. The molecule has 1 aliphatic rings. The van der Waals surface area contributed by atoms with Crippen molar-refractivity contribution in [3.05, 3.63) is 71.3 Å². The average molecular weight is 307 g/mol. The van der Waals surface area contributed by atoms with Crippen LogP contribution in [0, 0.1) is 5.92 Å². The van der Waals surface area contributed by atoms with Crippen LogP contribution in [0.1, 0.15) is 43.4 Å². The van der Waals surface area contributed by atoms with Crippen LogP contribution in [0.3, 0.4) is 0 Å². The molecule has 0 saturated carbocycles. The van der Waals surface area contributed by atoms with Gasteiger partial charge in [0.25, 0.3) is 0 Å². The summed E-state index contributed by atoms with van der Waals surface area (Å²) in [4.78, 5) is 4.69. The fourth-order valence-corrected chi connectivity index (χ4v) is 2.93. The first-order valence-corrected chi connectivity index (χ1v) is 8.48. The highest BCUT2D eigenvalue weighted by molar-refractivity contribution is 5.95. The molecule has 1 heterocycles. The summed E-state index contributed by atoms with van der Waals surface area (Å²) in [6, 6.07) is 19.6. The molecule has 0 spiro atoms. The first kappa shape index (κ1) is 15.8. The third-order valence-corrected chi connectivity index (χ3v) is 4.55. The summed E-state index contributed by atoms with van der Waals surface area (Å²) < 4.78 is 5.76. The highest BCUT2D eigenvalue weighted by atomic mass is 16.5. The van der Waals surface area contributed by atoms with Gasteiger partial charge in [0, 0.05) is 5.56 Å². The second-order valence-electron chi connectivity index (χ2n) is 6.77. The van der Waals surface area contributed by atoms with E-state index in [9.17, 15) is 0 Å². The summed E-state index contributed by atoms with van der Waals surface area (Å²) in [5.74, 6) is 1.82. The van der Waals surface area contributed by atoms with Crippen molar-refractivity contribution < 1.29 is 4.74 Å². The summed E-state index contributed by atoms with van der Waals surface area (Å²) in [6.07, 6.45) is 1.06. The first-order chi connectivity index (χ1) is 11.1. The van der Waals surface area contributed by atoms with Gasteiger partial charge in [-0.2, -0.15) is 0 Å². The summed E-state index contributed by atoms with van der Waals surface area (Å²) in [7, 11) is 0. The molecular formula is C21H25NO. The Bertz CT molecular complexity index is 658. The van der Waals surface area contributed by atoms with E-state index in [2.05, 4.69) is 75.4 Å². The molecule has 2 aromatic rings.